The predicted molar refractivity (Wildman–Crippen MR) is 132 cm³/mol. The number of pyridine rings is 1. The molecule has 3 N–H and O–H groups in total. The number of aromatic amines is 1. The number of hydrogen-bond acceptors (Lipinski definition) is 5. The van der Waals surface area contributed by atoms with E-state index in [1.807, 2.05) is 12.3 Å². The highest BCUT2D eigenvalue weighted by molar-refractivity contribution is 7.98. The molecule has 0 aliphatic rings. The van der Waals surface area contributed by atoms with E-state index in [0.29, 0.717) is 33.6 Å². The van der Waals surface area contributed by atoms with Crippen molar-refractivity contribution >= 4 is 35.1 Å². The average Bonchev–Trinajstić information content (AvgIpc) is 3.26. The van der Waals surface area contributed by atoms with Crippen LogP contribution in [0.25, 0.3) is 22.5 Å². The van der Waals surface area contributed by atoms with Gasteiger partial charge in [0.05, 0.1) is 17.8 Å². The number of amides is 2. The molecule has 0 radical (unpaired) electrons. The largest absolute Gasteiger partial charge is 0.332 e. The van der Waals surface area contributed by atoms with Crippen molar-refractivity contribution in [3.05, 3.63) is 78.0 Å². The van der Waals surface area contributed by atoms with E-state index >= 15 is 0 Å². The molecule has 0 unspecified atom stereocenters. The van der Waals surface area contributed by atoms with Crippen LogP contribution >= 0.6 is 11.8 Å². The molecular weight excluding hydrogens is 472 g/mol. The quantitative estimate of drug-likeness (QED) is 0.304. The number of halogens is 2. The average molecular weight is 494 g/mol. The Morgan fingerprint density at radius 2 is 1.74 bits per heavy atom. The molecule has 7 nitrogen and oxygen atoms in total. The highest BCUT2D eigenvalue weighted by atomic mass is 32.2. The fourth-order valence-electron chi connectivity index (χ4n) is 3.51. The maximum absolute atomic E-state index is 13.9. The minimum Gasteiger partial charge on any atom is -0.332 e. The Bertz CT molecular complexity index is 1390. The van der Waals surface area contributed by atoms with Crippen LogP contribution in [0, 0.1) is 11.6 Å². The Labute approximate surface area is 204 Å². The normalized spacial score (nSPS) is 10.7. The predicted octanol–water partition coefficient (Wildman–Crippen LogP) is 5.28. The zero-order valence-corrected chi connectivity index (χ0v) is 19.7. The molecule has 0 spiro atoms. The monoisotopic (exact) mass is 493 g/mol. The standard InChI is InChI=1S/C25H21F2N5O2S/c1-14(33)29-21-12-16(9-10-28-21)24-23(31-25(32-24)35-2)15-5-3-6-17(11-15)30-22(34)13-18-19(26)7-4-8-20(18)27/h3-12H,13H2,1-2H3,(H,30,34)(H,31,32)(H,28,29,33). The number of rotatable bonds is 7. The molecule has 0 atom stereocenters. The van der Waals surface area contributed by atoms with Crippen molar-refractivity contribution < 1.29 is 18.4 Å². The van der Waals surface area contributed by atoms with Gasteiger partial charge in [-0.15, -0.1) is 0 Å². The van der Waals surface area contributed by atoms with Gasteiger partial charge in [-0.3, -0.25) is 9.59 Å². The summed E-state index contributed by atoms with van der Waals surface area (Å²) >= 11 is 1.43. The summed E-state index contributed by atoms with van der Waals surface area (Å²) in [5.74, 6) is -1.91. The first-order valence-electron chi connectivity index (χ1n) is 10.5. The molecule has 0 aliphatic heterocycles. The van der Waals surface area contributed by atoms with E-state index in [4.69, 9.17) is 0 Å². The fraction of sp³-hybridized carbons (Fsp3) is 0.120. The topological polar surface area (TPSA) is 99.8 Å². The molecule has 4 aromatic rings. The number of nitrogens with zero attached hydrogens (tertiary/aromatic N) is 2. The minimum absolute atomic E-state index is 0.233. The summed E-state index contributed by atoms with van der Waals surface area (Å²) in [6.07, 6.45) is 3.04. The third-order valence-corrected chi connectivity index (χ3v) is 5.63. The Hall–Kier alpha value is -4.05. The van der Waals surface area contributed by atoms with Gasteiger partial charge in [-0.1, -0.05) is 30.0 Å². The van der Waals surface area contributed by atoms with Crippen LogP contribution in [0.1, 0.15) is 12.5 Å². The maximum atomic E-state index is 13.9. The molecule has 2 amide bonds. The molecule has 0 aliphatic carbocycles. The molecule has 2 aromatic heterocycles. The number of anilines is 2. The van der Waals surface area contributed by atoms with Gasteiger partial charge in [0.1, 0.15) is 17.5 Å². The number of nitrogens with one attached hydrogen (secondary N) is 3. The van der Waals surface area contributed by atoms with Crippen molar-refractivity contribution in [3.63, 3.8) is 0 Å². The summed E-state index contributed by atoms with van der Waals surface area (Å²) in [6.45, 7) is 1.40. The Morgan fingerprint density at radius 1 is 1.00 bits per heavy atom. The number of benzene rings is 2. The van der Waals surface area contributed by atoms with Crippen LogP contribution in [-0.4, -0.2) is 33.0 Å². The van der Waals surface area contributed by atoms with Crippen molar-refractivity contribution in [1.29, 1.82) is 0 Å². The van der Waals surface area contributed by atoms with E-state index in [9.17, 15) is 18.4 Å². The third kappa shape index (κ3) is 5.72. The summed E-state index contributed by atoms with van der Waals surface area (Å²) in [6, 6.07) is 14.0. The van der Waals surface area contributed by atoms with Crippen molar-refractivity contribution in [2.75, 3.05) is 16.9 Å². The van der Waals surface area contributed by atoms with Crippen molar-refractivity contribution in [1.82, 2.24) is 15.0 Å². The number of imidazole rings is 1. The lowest BCUT2D eigenvalue weighted by molar-refractivity contribution is -0.116. The van der Waals surface area contributed by atoms with Crippen molar-refractivity contribution in [3.8, 4) is 22.5 Å². The number of hydrogen-bond donors (Lipinski definition) is 3. The van der Waals surface area contributed by atoms with Crippen LogP contribution in [-0.2, 0) is 16.0 Å². The lowest BCUT2D eigenvalue weighted by Crippen LogP contribution is -2.16. The van der Waals surface area contributed by atoms with Gasteiger partial charge in [0.25, 0.3) is 0 Å². The Balaban J connectivity index is 1.63. The molecule has 0 saturated heterocycles. The number of carbonyl (C=O) groups is 2. The summed E-state index contributed by atoms with van der Waals surface area (Å²) < 4.78 is 27.8. The molecular formula is C25H21F2N5O2S. The van der Waals surface area contributed by atoms with Gasteiger partial charge < -0.3 is 15.6 Å². The van der Waals surface area contributed by atoms with E-state index in [1.165, 1.54) is 24.8 Å². The van der Waals surface area contributed by atoms with E-state index in [1.54, 1.807) is 36.5 Å². The molecule has 35 heavy (non-hydrogen) atoms. The zero-order chi connectivity index (χ0) is 24.9. The third-order valence-electron chi connectivity index (χ3n) is 5.05. The second-order valence-electron chi connectivity index (χ2n) is 7.59. The van der Waals surface area contributed by atoms with Crippen LogP contribution in [0.15, 0.2) is 66.0 Å². The Morgan fingerprint density at radius 3 is 2.46 bits per heavy atom. The summed E-state index contributed by atoms with van der Waals surface area (Å²) in [5, 5.41) is 6.03. The van der Waals surface area contributed by atoms with Gasteiger partial charge >= 0.3 is 0 Å². The van der Waals surface area contributed by atoms with Crippen LogP contribution in [0.4, 0.5) is 20.3 Å². The van der Waals surface area contributed by atoms with Crippen LogP contribution in [0.5, 0.6) is 0 Å². The molecule has 10 heteroatoms. The molecule has 0 fully saturated rings. The smallest absolute Gasteiger partial charge is 0.229 e. The maximum Gasteiger partial charge on any atom is 0.229 e. The second kappa shape index (κ2) is 10.5. The van der Waals surface area contributed by atoms with Crippen LogP contribution in [0.3, 0.4) is 0 Å². The van der Waals surface area contributed by atoms with Gasteiger partial charge in [-0.05, 0) is 42.7 Å². The van der Waals surface area contributed by atoms with Crippen LogP contribution in [0.2, 0.25) is 0 Å². The van der Waals surface area contributed by atoms with Crippen molar-refractivity contribution in [2.24, 2.45) is 0 Å². The fourth-order valence-corrected chi connectivity index (χ4v) is 3.90. The lowest BCUT2D eigenvalue weighted by atomic mass is 10.0. The number of H-pyrrole nitrogens is 1. The van der Waals surface area contributed by atoms with Gasteiger partial charge in [-0.2, -0.15) is 0 Å². The molecule has 4 rings (SSSR count). The van der Waals surface area contributed by atoms with Crippen molar-refractivity contribution in [2.45, 2.75) is 18.5 Å². The summed E-state index contributed by atoms with van der Waals surface area (Å²) in [4.78, 5) is 36.0. The summed E-state index contributed by atoms with van der Waals surface area (Å²) in [7, 11) is 0. The molecule has 2 aromatic carbocycles. The first-order chi connectivity index (χ1) is 16.8. The molecule has 0 saturated carbocycles. The van der Waals surface area contributed by atoms with E-state index in [-0.39, 0.29) is 11.5 Å². The van der Waals surface area contributed by atoms with Gasteiger partial charge in [0.15, 0.2) is 5.16 Å². The van der Waals surface area contributed by atoms with E-state index in [0.717, 1.165) is 17.7 Å². The second-order valence-corrected chi connectivity index (χ2v) is 8.38. The van der Waals surface area contributed by atoms with Crippen LogP contribution < -0.4 is 10.6 Å². The number of aromatic nitrogens is 3. The number of thioether (sulfide) groups is 1. The van der Waals surface area contributed by atoms with E-state index < -0.39 is 24.0 Å². The molecule has 2 heterocycles. The first-order valence-corrected chi connectivity index (χ1v) is 11.8. The minimum atomic E-state index is -0.768. The Kier molecular flexibility index (Phi) is 7.21. The van der Waals surface area contributed by atoms with Gasteiger partial charge in [0, 0.05) is 35.5 Å². The van der Waals surface area contributed by atoms with Gasteiger partial charge in [-0.25, -0.2) is 18.7 Å². The summed E-state index contributed by atoms with van der Waals surface area (Å²) in [5.41, 5.74) is 2.98. The first kappa shape index (κ1) is 24.1. The lowest BCUT2D eigenvalue weighted by Gasteiger charge is -2.09. The number of carbonyl (C=O) groups excluding carboxylic acids is 2. The molecule has 178 valence electrons. The highest BCUT2D eigenvalue weighted by Gasteiger charge is 2.17. The SMILES string of the molecule is CSc1nc(-c2cccc(NC(=O)Cc3c(F)cccc3F)c2)c(-c2ccnc(NC(C)=O)c2)[nH]1. The highest BCUT2D eigenvalue weighted by Crippen LogP contribution is 2.34. The van der Waals surface area contributed by atoms with E-state index in [2.05, 4.69) is 25.6 Å². The van der Waals surface area contributed by atoms with Gasteiger partial charge in [0.2, 0.25) is 11.8 Å². The molecule has 0 bridgehead atoms. The zero-order valence-electron chi connectivity index (χ0n) is 18.9.